The number of esters is 1. The molecule has 1 atom stereocenters. The molecule has 0 saturated carbocycles. The van der Waals surface area contributed by atoms with Crippen LogP contribution >= 0.6 is 0 Å². The van der Waals surface area contributed by atoms with Crippen molar-refractivity contribution in [2.24, 2.45) is 5.41 Å². The summed E-state index contributed by atoms with van der Waals surface area (Å²) in [6, 6.07) is 18.2. The molecule has 2 aromatic heterocycles. The van der Waals surface area contributed by atoms with Crippen LogP contribution in [0.5, 0.6) is 0 Å². The van der Waals surface area contributed by atoms with Crippen LogP contribution in [0.15, 0.2) is 54.6 Å². The number of rotatable bonds is 5. The van der Waals surface area contributed by atoms with E-state index in [1.807, 2.05) is 30.3 Å². The fraction of sp³-hybridized carbons (Fsp3) is 0.357. The molecule has 1 saturated heterocycles. The molecule has 1 aliphatic heterocycles. The van der Waals surface area contributed by atoms with E-state index in [4.69, 9.17) is 14.8 Å². The van der Waals surface area contributed by atoms with Crippen LogP contribution < -0.4 is 4.90 Å². The van der Waals surface area contributed by atoms with Crippen molar-refractivity contribution in [1.82, 2.24) is 19.6 Å². The normalized spacial score (nSPS) is 16.2. The fourth-order valence-corrected chi connectivity index (χ4v) is 4.77. The Morgan fingerprint density at radius 1 is 1.00 bits per heavy atom. The summed E-state index contributed by atoms with van der Waals surface area (Å²) in [6.45, 7) is 7.84. The van der Waals surface area contributed by atoms with Crippen molar-refractivity contribution in [2.45, 2.75) is 39.7 Å². The summed E-state index contributed by atoms with van der Waals surface area (Å²) in [4.78, 5) is 23.9. The van der Waals surface area contributed by atoms with E-state index in [1.54, 1.807) is 11.4 Å². The van der Waals surface area contributed by atoms with Gasteiger partial charge in [0.25, 0.3) is 5.78 Å². The molecular weight excluding hydrogens is 454 g/mol. The minimum Gasteiger partial charge on any atom is -0.467 e. The molecule has 0 bridgehead atoms. The van der Waals surface area contributed by atoms with Crippen molar-refractivity contribution >= 4 is 17.6 Å². The molecular formula is C28H31N5O3. The number of nitrogens with zero attached hydrogens (tertiary/aromatic N) is 5. The molecule has 0 radical (unpaired) electrons. The number of carbonyl (C=O) groups excluding carboxylic acids is 1. The highest BCUT2D eigenvalue weighted by molar-refractivity contribution is 5.79. The van der Waals surface area contributed by atoms with Crippen LogP contribution in [0, 0.1) is 12.3 Å². The van der Waals surface area contributed by atoms with Gasteiger partial charge in [0.2, 0.25) is 0 Å². The minimum absolute atomic E-state index is 0.226. The molecule has 1 unspecified atom stereocenters. The zero-order valence-electron chi connectivity index (χ0n) is 21.1. The average Bonchev–Trinajstić information content (AvgIpc) is 3.31. The van der Waals surface area contributed by atoms with Gasteiger partial charge in [-0.05, 0) is 42.4 Å². The molecule has 1 N–H and O–H groups in total. The first-order valence-electron chi connectivity index (χ1n) is 12.2. The number of aryl methyl sites for hydroxylation is 1. The quantitative estimate of drug-likeness (QED) is 0.413. The van der Waals surface area contributed by atoms with Crippen LogP contribution in [0.2, 0.25) is 0 Å². The molecule has 186 valence electrons. The molecule has 5 rings (SSSR count). The second kappa shape index (κ2) is 9.35. The van der Waals surface area contributed by atoms with E-state index < -0.39 is 12.1 Å². The van der Waals surface area contributed by atoms with Gasteiger partial charge in [0.05, 0.1) is 18.4 Å². The third-order valence-corrected chi connectivity index (χ3v) is 7.03. The SMILES string of the molecule is COC(=O)C(O)c1c(C)nc2nc(-c3cccc(-c4ccccc4)c3)nn2c1N1CCC(C)(C)CC1. The Kier molecular flexibility index (Phi) is 6.22. The predicted octanol–water partition coefficient (Wildman–Crippen LogP) is 4.60. The summed E-state index contributed by atoms with van der Waals surface area (Å²) in [6.07, 6.45) is 0.486. The number of aromatic nitrogens is 4. The number of methoxy groups -OCH3 is 1. The number of aliphatic hydroxyl groups is 1. The third kappa shape index (κ3) is 4.44. The number of carbonyl (C=O) groups is 1. The Balaban J connectivity index is 1.65. The lowest BCUT2D eigenvalue weighted by Gasteiger charge is -2.39. The Bertz CT molecular complexity index is 1400. The van der Waals surface area contributed by atoms with Gasteiger partial charge >= 0.3 is 5.97 Å². The van der Waals surface area contributed by atoms with Gasteiger partial charge in [-0.3, -0.25) is 0 Å². The van der Waals surface area contributed by atoms with E-state index in [9.17, 15) is 9.90 Å². The van der Waals surface area contributed by atoms with Gasteiger partial charge in [0, 0.05) is 18.7 Å². The van der Waals surface area contributed by atoms with Crippen molar-refractivity contribution in [3.8, 4) is 22.5 Å². The second-order valence-corrected chi connectivity index (χ2v) is 10.1. The van der Waals surface area contributed by atoms with E-state index in [2.05, 4.69) is 48.0 Å². The van der Waals surface area contributed by atoms with Gasteiger partial charge in [-0.25, -0.2) is 9.78 Å². The van der Waals surface area contributed by atoms with Crippen LogP contribution in [0.4, 0.5) is 5.82 Å². The maximum absolute atomic E-state index is 12.4. The Morgan fingerprint density at radius 2 is 1.67 bits per heavy atom. The Labute approximate surface area is 210 Å². The summed E-state index contributed by atoms with van der Waals surface area (Å²) in [5, 5.41) is 15.8. The minimum atomic E-state index is -1.47. The maximum Gasteiger partial charge on any atom is 0.339 e. The standard InChI is InChI=1S/C28H31N5O3/c1-18-22(23(34)26(35)36-4)25(32-15-13-28(2,3)14-16-32)33-27(29-18)30-24(31-33)21-12-8-11-20(17-21)19-9-6-5-7-10-19/h5-12,17,23,34H,13-16H2,1-4H3. The van der Waals surface area contributed by atoms with E-state index in [0.29, 0.717) is 28.7 Å². The molecule has 36 heavy (non-hydrogen) atoms. The lowest BCUT2D eigenvalue weighted by molar-refractivity contribution is -0.150. The molecule has 8 heteroatoms. The molecule has 4 aromatic rings. The summed E-state index contributed by atoms with van der Waals surface area (Å²) in [7, 11) is 1.27. The lowest BCUT2D eigenvalue weighted by Crippen LogP contribution is -2.39. The number of fused-ring (bicyclic) bond motifs is 1. The first-order valence-corrected chi connectivity index (χ1v) is 12.2. The van der Waals surface area contributed by atoms with E-state index in [-0.39, 0.29) is 5.41 Å². The lowest BCUT2D eigenvalue weighted by atomic mass is 9.82. The van der Waals surface area contributed by atoms with Crippen molar-refractivity contribution in [2.75, 3.05) is 25.1 Å². The number of anilines is 1. The van der Waals surface area contributed by atoms with E-state index in [0.717, 1.165) is 42.6 Å². The monoisotopic (exact) mass is 485 g/mol. The van der Waals surface area contributed by atoms with Crippen LogP contribution in [-0.2, 0) is 9.53 Å². The van der Waals surface area contributed by atoms with Crippen molar-refractivity contribution < 1.29 is 14.6 Å². The maximum atomic E-state index is 12.4. The number of aliphatic hydroxyl groups excluding tert-OH is 1. The highest BCUT2D eigenvalue weighted by atomic mass is 16.5. The van der Waals surface area contributed by atoms with Gasteiger partial charge in [-0.15, -0.1) is 5.10 Å². The summed E-state index contributed by atoms with van der Waals surface area (Å²) < 4.78 is 6.52. The smallest absolute Gasteiger partial charge is 0.339 e. The highest BCUT2D eigenvalue weighted by Crippen LogP contribution is 2.37. The van der Waals surface area contributed by atoms with Crippen LogP contribution in [0.1, 0.15) is 44.1 Å². The van der Waals surface area contributed by atoms with Gasteiger partial charge in [0.15, 0.2) is 11.9 Å². The number of hydrogen-bond donors (Lipinski definition) is 1. The van der Waals surface area contributed by atoms with Gasteiger partial charge < -0.3 is 14.7 Å². The van der Waals surface area contributed by atoms with Crippen LogP contribution in [-0.4, -0.2) is 50.9 Å². The van der Waals surface area contributed by atoms with Gasteiger partial charge in [-0.1, -0.05) is 62.4 Å². The molecule has 0 amide bonds. The van der Waals surface area contributed by atoms with E-state index >= 15 is 0 Å². The summed E-state index contributed by atoms with van der Waals surface area (Å²) >= 11 is 0. The third-order valence-electron chi connectivity index (χ3n) is 7.03. The average molecular weight is 486 g/mol. The molecule has 0 aliphatic carbocycles. The van der Waals surface area contributed by atoms with Gasteiger partial charge in [0.1, 0.15) is 5.82 Å². The zero-order valence-corrected chi connectivity index (χ0v) is 21.1. The predicted molar refractivity (Wildman–Crippen MR) is 139 cm³/mol. The van der Waals surface area contributed by atoms with Crippen molar-refractivity contribution in [1.29, 1.82) is 0 Å². The molecule has 3 heterocycles. The number of benzene rings is 2. The van der Waals surface area contributed by atoms with Crippen LogP contribution in [0.25, 0.3) is 28.3 Å². The second-order valence-electron chi connectivity index (χ2n) is 10.1. The summed E-state index contributed by atoms with van der Waals surface area (Å²) in [5.74, 6) is 0.869. The highest BCUT2D eigenvalue weighted by Gasteiger charge is 2.33. The fourth-order valence-electron chi connectivity index (χ4n) is 4.77. The molecule has 1 fully saturated rings. The number of ether oxygens (including phenoxy) is 1. The molecule has 0 spiro atoms. The molecule has 1 aliphatic rings. The van der Waals surface area contributed by atoms with Crippen LogP contribution in [0.3, 0.4) is 0 Å². The Morgan fingerprint density at radius 3 is 2.36 bits per heavy atom. The number of hydrogen-bond acceptors (Lipinski definition) is 7. The first-order chi connectivity index (χ1) is 17.3. The Hall–Kier alpha value is -3.78. The van der Waals surface area contributed by atoms with Crippen molar-refractivity contribution in [3.63, 3.8) is 0 Å². The van der Waals surface area contributed by atoms with E-state index in [1.165, 1.54) is 7.11 Å². The summed E-state index contributed by atoms with van der Waals surface area (Å²) in [5.41, 5.74) is 4.19. The van der Waals surface area contributed by atoms with Gasteiger partial charge in [-0.2, -0.15) is 9.50 Å². The molecule has 2 aromatic carbocycles. The zero-order chi connectivity index (χ0) is 25.4. The number of piperidine rings is 1. The topological polar surface area (TPSA) is 92.8 Å². The largest absolute Gasteiger partial charge is 0.467 e. The first kappa shape index (κ1) is 23.9. The molecule has 8 nitrogen and oxygen atoms in total. The van der Waals surface area contributed by atoms with Crippen molar-refractivity contribution in [3.05, 3.63) is 65.9 Å².